The molecule has 0 unspecified atom stereocenters. The third-order valence-electron chi connectivity index (χ3n) is 8.36. The highest BCUT2D eigenvalue weighted by Crippen LogP contribution is 2.33. The Balaban J connectivity index is 1.49. The molecule has 2 saturated heterocycles. The van der Waals surface area contributed by atoms with Crippen molar-refractivity contribution in [2.24, 2.45) is 0 Å². The zero-order chi connectivity index (χ0) is 27.4. The van der Waals surface area contributed by atoms with Crippen LogP contribution in [0.4, 0.5) is 11.6 Å². The maximum Gasteiger partial charge on any atom is 0.317 e. The number of likely N-dealkylation sites (N-methyl/N-ethyl adjacent to an activating group) is 2. The summed E-state index contributed by atoms with van der Waals surface area (Å²) in [5.74, 6) is 3.56. The van der Waals surface area contributed by atoms with Gasteiger partial charge < -0.3 is 24.3 Å². The molecule has 0 aliphatic carbocycles. The fourth-order valence-electron chi connectivity index (χ4n) is 5.89. The van der Waals surface area contributed by atoms with Crippen molar-refractivity contribution in [1.29, 1.82) is 0 Å². The number of benzene rings is 2. The largest absolute Gasteiger partial charge is 0.497 e. The van der Waals surface area contributed by atoms with Crippen molar-refractivity contribution in [2.45, 2.75) is 6.92 Å². The van der Waals surface area contributed by atoms with E-state index in [4.69, 9.17) is 19.8 Å². The van der Waals surface area contributed by atoms with Gasteiger partial charge in [-0.15, -0.1) is 5.10 Å². The average Bonchev–Trinajstić information content (AvgIpc) is 3.42. The summed E-state index contributed by atoms with van der Waals surface area (Å²) < 4.78 is 7.81. The third kappa shape index (κ3) is 4.28. The topological polar surface area (TPSA) is 80.8 Å². The number of rotatable bonds is 4. The van der Waals surface area contributed by atoms with E-state index in [1.165, 1.54) is 5.56 Å². The van der Waals surface area contributed by atoms with Gasteiger partial charge in [0, 0.05) is 62.8 Å². The Labute approximate surface area is 233 Å². The highest BCUT2D eigenvalue weighted by molar-refractivity contribution is 5.89. The number of methoxy groups -OCH3 is 1. The Bertz CT molecular complexity index is 1720. The number of fused-ring (bicyclic) bond motifs is 4. The number of hydrogen-bond acceptors (Lipinski definition) is 8. The summed E-state index contributed by atoms with van der Waals surface area (Å²) in [5, 5.41) is 9.41. The summed E-state index contributed by atoms with van der Waals surface area (Å²) in [5.41, 5.74) is 6.03. The number of nitrogens with one attached hydrogen (secondary N) is 1. The molecule has 5 heterocycles. The van der Waals surface area contributed by atoms with E-state index >= 15 is 0 Å². The minimum Gasteiger partial charge on any atom is -0.497 e. The number of aromatic nitrogens is 5. The van der Waals surface area contributed by atoms with Crippen LogP contribution in [0.5, 0.6) is 5.75 Å². The van der Waals surface area contributed by atoms with Crippen LogP contribution in [0.25, 0.3) is 39.0 Å². The standard InChI is InChI=1S/C30H35N9O/c1-20-5-7-25-26(17-20)39-28(33-34-30(39)29(32-25)38-15-11-36(3)12-16-38)23-19-21-18-22(40-4)6-8-24(21)31-27(23)37-13-9-35(2)10-14-37/h5-8,17-19H,9-16H2,1-4H3/p+1. The van der Waals surface area contributed by atoms with Gasteiger partial charge in [-0.25, -0.2) is 9.97 Å². The Morgan fingerprint density at radius 3 is 2.12 bits per heavy atom. The molecule has 0 amide bonds. The molecule has 2 fully saturated rings. The van der Waals surface area contributed by atoms with E-state index in [0.29, 0.717) is 0 Å². The summed E-state index contributed by atoms with van der Waals surface area (Å²) in [4.78, 5) is 19.9. The maximum absolute atomic E-state index is 5.55. The van der Waals surface area contributed by atoms with Crippen molar-refractivity contribution >= 4 is 39.2 Å². The summed E-state index contributed by atoms with van der Waals surface area (Å²) in [7, 11) is 6.05. The van der Waals surface area contributed by atoms with E-state index < -0.39 is 0 Å². The SMILES string of the molecule is COc1ccc2nc(N3CCN(C)CC3)c(-c3n[nH]c4c(N5CCN(C)CC5)nc5ccc(C)cc5[n+]34)cc2c1. The van der Waals surface area contributed by atoms with E-state index in [2.05, 4.69) is 80.4 Å². The molecule has 10 nitrogen and oxygen atoms in total. The molecule has 0 spiro atoms. The van der Waals surface area contributed by atoms with Crippen molar-refractivity contribution in [3.05, 3.63) is 48.0 Å². The van der Waals surface area contributed by atoms with Gasteiger partial charge in [0.25, 0.3) is 0 Å². The number of pyridine rings is 1. The molecular formula is C30H36N9O+. The van der Waals surface area contributed by atoms with Gasteiger partial charge in [0.05, 0.1) is 18.2 Å². The smallest absolute Gasteiger partial charge is 0.317 e. The lowest BCUT2D eigenvalue weighted by Gasteiger charge is -2.34. The lowest BCUT2D eigenvalue weighted by molar-refractivity contribution is -0.468. The normalized spacial score (nSPS) is 17.4. The van der Waals surface area contributed by atoms with Crippen molar-refractivity contribution in [3.8, 4) is 17.1 Å². The van der Waals surface area contributed by atoms with Gasteiger partial charge in [-0.1, -0.05) is 6.07 Å². The fourth-order valence-corrected chi connectivity index (χ4v) is 5.89. The third-order valence-corrected chi connectivity index (χ3v) is 8.36. The van der Waals surface area contributed by atoms with E-state index in [1.54, 1.807) is 7.11 Å². The van der Waals surface area contributed by atoms with Gasteiger partial charge in [-0.2, -0.15) is 4.40 Å². The monoisotopic (exact) mass is 538 g/mol. The van der Waals surface area contributed by atoms with Gasteiger partial charge in [0.1, 0.15) is 22.6 Å². The molecule has 2 aliphatic rings. The molecule has 3 aromatic heterocycles. The van der Waals surface area contributed by atoms with Gasteiger partial charge in [0.15, 0.2) is 0 Å². The van der Waals surface area contributed by atoms with Gasteiger partial charge in [-0.3, -0.25) is 0 Å². The lowest BCUT2D eigenvalue weighted by atomic mass is 10.1. The summed E-state index contributed by atoms with van der Waals surface area (Å²) in [6, 6.07) is 14.8. The molecule has 2 aromatic carbocycles. The first-order valence-corrected chi connectivity index (χ1v) is 14.0. The number of ether oxygens (including phenoxy) is 1. The van der Waals surface area contributed by atoms with E-state index in [-0.39, 0.29) is 0 Å². The predicted octanol–water partition coefficient (Wildman–Crippen LogP) is 2.73. The number of aromatic amines is 1. The molecule has 206 valence electrons. The zero-order valence-electron chi connectivity index (χ0n) is 23.7. The van der Waals surface area contributed by atoms with Crippen LogP contribution in [0.15, 0.2) is 42.5 Å². The zero-order valence-corrected chi connectivity index (χ0v) is 23.7. The van der Waals surface area contributed by atoms with Crippen molar-refractivity contribution in [1.82, 2.24) is 30.0 Å². The molecule has 5 aromatic rings. The van der Waals surface area contributed by atoms with Gasteiger partial charge >= 0.3 is 11.5 Å². The highest BCUT2D eigenvalue weighted by atomic mass is 16.5. The second-order valence-electron chi connectivity index (χ2n) is 11.2. The quantitative estimate of drug-likeness (QED) is 0.350. The number of piperazine rings is 2. The number of hydrogen-bond donors (Lipinski definition) is 1. The maximum atomic E-state index is 5.55. The summed E-state index contributed by atoms with van der Waals surface area (Å²) in [6.07, 6.45) is 0. The molecule has 2 aliphatic heterocycles. The number of nitrogens with zero attached hydrogens (tertiary/aromatic N) is 8. The predicted molar refractivity (Wildman–Crippen MR) is 158 cm³/mol. The molecule has 0 saturated carbocycles. The number of anilines is 2. The van der Waals surface area contributed by atoms with Crippen LogP contribution in [-0.2, 0) is 0 Å². The molecule has 0 bridgehead atoms. The summed E-state index contributed by atoms with van der Waals surface area (Å²) in [6.45, 7) is 9.81. The molecule has 0 atom stereocenters. The van der Waals surface area contributed by atoms with Crippen LogP contribution in [0.1, 0.15) is 5.56 Å². The van der Waals surface area contributed by atoms with E-state index in [1.807, 2.05) is 12.1 Å². The first kappa shape index (κ1) is 25.0. The Morgan fingerprint density at radius 1 is 0.775 bits per heavy atom. The van der Waals surface area contributed by atoms with Crippen LogP contribution in [0.3, 0.4) is 0 Å². The molecule has 10 heteroatoms. The Kier molecular flexibility index (Phi) is 6.16. The minimum atomic E-state index is 0.815. The molecular weight excluding hydrogens is 502 g/mol. The summed E-state index contributed by atoms with van der Waals surface area (Å²) >= 11 is 0. The van der Waals surface area contributed by atoms with Crippen molar-refractivity contribution in [2.75, 3.05) is 83.4 Å². The molecule has 1 N–H and O–H groups in total. The van der Waals surface area contributed by atoms with Crippen LogP contribution in [0.2, 0.25) is 0 Å². The first-order valence-electron chi connectivity index (χ1n) is 14.0. The van der Waals surface area contributed by atoms with Gasteiger partial charge in [-0.05, 0) is 63.0 Å². The number of aryl methyl sites for hydroxylation is 1. The Morgan fingerprint density at radius 2 is 1.43 bits per heavy atom. The van der Waals surface area contributed by atoms with E-state index in [0.717, 1.165) is 109 Å². The average molecular weight is 539 g/mol. The second-order valence-corrected chi connectivity index (χ2v) is 11.2. The molecule has 0 radical (unpaired) electrons. The molecule has 40 heavy (non-hydrogen) atoms. The van der Waals surface area contributed by atoms with Crippen LogP contribution in [-0.4, -0.2) is 104 Å². The lowest BCUT2D eigenvalue weighted by Crippen LogP contribution is -2.46. The highest BCUT2D eigenvalue weighted by Gasteiger charge is 2.31. The molecule has 7 rings (SSSR count). The Hall–Kier alpha value is -4.02. The first-order chi connectivity index (χ1) is 19.5. The van der Waals surface area contributed by atoms with Crippen molar-refractivity contribution in [3.63, 3.8) is 0 Å². The van der Waals surface area contributed by atoms with Crippen LogP contribution < -0.4 is 18.9 Å². The second kappa shape index (κ2) is 9.87. The fraction of sp³-hybridized carbons (Fsp3) is 0.400. The van der Waals surface area contributed by atoms with Crippen LogP contribution in [0, 0.1) is 6.92 Å². The minimum absolute atomic E-state index is 0.815. The van der Waals surface area contributed by atoms with Gasteiger partial charge in [0.2, 0.25) is 5.82 Å². The number of H-pyrrole nitrogens is 1. The van der Waals surface area contributed by atoms with Crippen molar-refractivity contribution < 1.29 is 9.14 Å². The van der Waals surface area contributed by atoms with E-state index in [9.17, 15) is 0 Å². The van der Waals surface area contributed by atoms with Crippen LogP contribution >= 0.6 is 0 Å².